The topological polar surface area (TPSA) is 26.3 Å². The maximum Gasteiger partial charge on any atom is 0.219 e. The van der Waals surface area contributed by atoms with Crippen LogP contribution in [0, 0.1) is 5.41 Å². The molecule has 0 N–H and O–H groups in total. The van der Waals surface area contributed by atoms with Crippen molar-refractivity contribution < 1.29 is 9.53 Å². The lowest BCUT2D eigenvalue weighted by molar-refractivity contribution is -0.114. The Morgan fingerprint density at radius 3 is 2.43 bits per heavy atom. The molecule has 1 unspecified atom stereocenters. The number of carbonyl (C=O) groups is 1. The molecule has 14 heavy (non-hydrogen) atoms. The molecule has 2 nitrogen and oxygen atoms in total. The summed E-state index contributed by atoms with van der Waals surface area (Å²) in [4.78, 5) is 11.2. The van der Waals surface area contributed by atoms with Gasteiger partial charge in [-0.3, -0.25) is 4.79 Å². The highest BCUT2D eigenvalue weighted by Crippen LogP contribution is 2.48. The Kier molecular flexibility index (Phi) is 3.20. The second kappa shape index (κ2) is 3.76. The van der Waals surface area contributed by atoms with Crippen molar-refractivity contribution in [3.05, 3.63) is 24.0 Å². The minimum atomic E-state index is -1.51. The molecule has 1 aliphatic carbocycles. The smallest absolute Gasteiger partial charge is 0.219 e. The van der Waals surface area contributed by atoms with Crippen molar-refractivity contribution in [3.63, 3.8) is 0 Å². The van der Waals surface area contributed by atoms with E-state index in [1.165, 1.54) is 19.3 Å². The van der Waals surface area contributed by atoms with Crippen LogP contribution in [-0.4, -0.2) is 16.7 Å². The Labute approximate surface area is 97.5 Å². The molecule has 5 heteroatoms. The van der Waals surface area contributed by atoms with Gasteiger partial charge in [-0.25, -0.2) is 0 Å². The largest absolute Gasteiger partial charge is 0.493 e. The van der Waals surface area contributed by atoms with Gasteiger partial charge in [-0.1, -0.05) is 40.9 Å². The summed E-state index contributed by atoms with van der Waals surface area (Å²) in [6, 6.07) is 0. The number of hydrogen-bond acceptors (Lipinski definition) is 2. The van der Waals surface area contributed by atoms with Gasteiger partial charge in [0.05, 0.1) is 12.5 Å². The third-order valence-electron chi connectivity index (χ3n) is 2.09. The molecule has 0 radical (unpaired) electrons. The Bertz CT molecular complexity index is 315. The summed E-state index contributed by atoms with van der Waals surface area (Å²) in [5, 5.41) is 0. The summed E-state index contributed by atoms with van der Waals surface area (Å²) in [6.45, 7) is 1.71. The number of ether oxygens (including phenoxy) is 1. The highest BCUT2D eigenvalue weighted by atomic mass is 35.6. The van der Waals surface area contributed by atoms with Crippen LogP contribution in [0.25, 0.3) is 0 Å². The SMILES string of the molecule is COC1=CC(C)(C(Cl)(Cl)Cl)C=CC1=O. The summed E-state index contributed by atoms with van der Waals surface area (Å²) >= 11 is 17.4. The molecule has 1 atom stereocenters. The third kappa shape index (κ3) is 2.08. The predicted octanol–water partition coefficient (Wildman–Crippen LogP) is 3.03. The maximum absolute atomic E-state index is 11.2. The second-order valence-corrected chi connectivity index (χ2v) is 5.47. The summed E-state index contributed by atoms with van der Waals surface area (Å²) < 4.78 is 3.37. The van der Waals surface area contributed by atoms with Crippen LogP contribution in [0.1, 0.15) is 6.92 Å². The van der Waals surface area contributed by atoms with Crippen LogP contribution >= 0.6 is 34.8 Å². The second-order valence-electron chi connectivity index (χ2n) is 3.19. The summed E-state index contributed by atoms with van der Waals surface area (Å²) in [7, 11) is 1.40. The molecule has 0 bridgehead atoms. The van der Waals surface area contributed by atoms with Crippen LogP contribution < -0.4 is 0 Å². The van der Waals surface area contributed by atoms with Gasteiger partial charge < -0.3 is 4.74 Å². The van der Waals surface area contributed by atoms with Crippen molar-refractivity contribution in [1.29, 1.82) is 0 Å². The van der Waals surface area contributed by atoms with Crippen LogP contribution in [0.5, 0.6) is 0 Å². The van der Waals surface area contributed by atoms with Gasteiger partial charge in [-0.2, -0.15) is 0 Å². The van der Waals surface area contributed by atoms with Crippen molar-refractivity contribution in [1.82, 2.24) is 0 Å². The molecule has 0 saturated carbocycles. The highest BCUT2D eigenvalue weighted by molar-refractivity contribution is 6.68. The van der Waals surface area contributed by atoms with E-state index in [0.29, 0.717) is 0 Å². The summed E-state index contributed by atoms with van der Waals surface area (Å²) in [5.41, 5.74) is -0.822. The van der Waals surface area contributed by atoms with Gasteiger partial charge in [0.1, 0.15) is 0 Å². The molecule has 0 aromatic carbocycles. The number of halogens is 3. The zero-order valence-electron chi connectivity index (χ0n) is 7.68. The molecule has 0 aromatic heterocycles. The van der Waals surface area contributed by atoms with Gasteiger partial charge in [0, 0.05) is 0 Å². The van der Waals surface area contributed by atoms with Crippen LogP contribution in [0.3, 0.4) is 0 Å². The third-order valence-corrected chi connectivity index (χ3v) is 3.31. The Balaban J connectivity index is 3.11. The van der Waals surface area contributed by atoms with Gasteiger partial charge >= 0.3 is 0 Å². The average Bonchev–Trinajstić information content (AvgIpc) is 2.07. The predicted molar refractivity (Wildman–Crippen MR) is 57.6 cm³/mol. The Morgan fingerprint density at radius 1 is 1.43 bits per heavy atom. The van der Waals surface area contributed by atoms with E-state index in [2.05, 4.69) is 0 Å². The molecule has 1 aliphatic rings. The van der Waals surface area contributed by atoms with Crippen molar-refractivity contribution in [2.45, 2.75) is 10.7 Å². The van der Waals surface area contributed by atoms with Gasteiger partial charge in [0.2, 0.25) is 9.58 Å². The standard InChI is InChI=1S/C9H9Cl3O2/c1-8(9(10,11)12)4-3-6(13)7(5-8)14-2/h3-5H,1-2H3. The fraction of sp³-hybridized carbons (Fsp3) is 0.444. The van der Waals surface area contributed by atoms with Crippen molar-refractivity contribution >= 4 is 40.6 Å². The van der Waals surface area contributed by atoms with Crippen LogP contribution in [0.2, 0.25) is 0 Å². The number of alkyl halides is 3. The first-order chi connectivity index (χ1) is 6.30. The minimum absolute atomic E-state index is 0.196. The first-order valence-corrected chi connectivity index (χ1v) is 5.01. The van der Waals surface area contributed by atoms with Crippen LogP contribution in [-0.2, 0) is 9.53 Å². The monoisotopic (exact) mass is 254 g/mol. The molecule has 0 amide bonds. The first kappa shape index (κ1) is 11.9. The van der Waals surface area contributed by atoms with E-state index >= 15 is 0 Å². The maximum atomic E-state index is 11.2. The lowest BCUT2D eigenvalue weighted by Crippen LogP contribution is -2.31. The number of methoxy groups -OCH3 is 1. The van der Waals surface area contributed by atoms with Crippen LogP contribution in [0.4, 0.5) is 0 Å². The Morgan fingerprint density at radius 2 is 2.00 bits per heavy atom. The molecule has 1 rings (SSSR count). The summed E-state index contributed by atoms with van der Waals surface area (Å²) in [5.74, 6) is -0.0273. The van der Waals surface area contributed by atoms with E-state index in [4.69, 9.17) is 39.5 Å². The zero-order valence-corrected chi connectivity index (χ0v) is 9.95. The molecule has 0 aromatic rings. The van der Waals surface area contributed by atoms with Crippen LogP contribution in [0.15, 0.2) is 24.0 Å². The molecule has 0 saturated heterocycles. The molecule has 78 valence electrons. The van der Waals surface area contributed by atoms with Gasteiger partial charge in [0.15, 0.2) is 5.76 Å². The average molecular weight is 256 g/mol. The molecule has 0 aliphatic heterocycles. The van der Waals surface area contributed by atoms with E-state index in [1.807, 2.05) is 0 Å². The number of ketones is 1. The number of hydrogen-bond donors (Lipinski definition) is 0. The quantitative estimate of drug-likeness (QED) is 0.673. The van der Waals surface area contributed by atoms with E-state index in [1.54, 1.807) is 13.0 Å². The van der Waals surface area contributed by atoms with Crippen molar-refractivity contribution in [2.24, 2.45) is 5.41 Å². The van der Waals surface area contributed by atoms with Crippen molar-refractivity contribution in [3.8, 4) is 0 Å². The Hall–Kier alpha value is -0.180. The molecule has 0 heterocycles. The van der Waals surface area contributed by atoms with E-state index in [0.717, 1.165) is 0 Å². The van der Waals surface area contributed by atoms with E-state index < -0.39 is 9.21 Å². The normalized spacial score (nSPS) is 27.5. The highest BCUT2D eigenvalue weighted by Gasteiger charge is 2.43. The fourth-order valence-corrected chi connectivity index (χ4v) is 1.41. The lowest BCUT2D eigenvalue weighted by atomic mass is 9.87. The number of carbonyl (C=O) groups excluding carboxylic acids is 1. The molecule has 0 fully saturated rings. The zero-order chi connectivity index (χ0) is 11.0. The number of rotatable bonds is 1. The number of allylic oxidation sites excluding steroid dienone is 3. The molecular formula is C9H9Cl3O2. The summed E-state index contributed by atoms with van der Waals surface area (Å²) in [6.07, 6.45) is 4.42. The van der Waals surface area contributed by atoms with E-state index in [-0.39, 0.29) is 11.5 Å². The lowest BCUT2D eigenvalue weighted by Gasteiger charge is -2.32. The van der Waals surface area contributed by atoms with Gasteiger partial charge in [0.25, 0.3) is 0 Å². The molecule has 0 spiro atoms. The van der Waals surface area contributed by atoms with E-state index in [9.17, 15) is 4.79 Å². The minimum Gasteiger partial charge on any atom is -0.493 e. The van der Waals surface area contributed by atoms with Gasteiger partial charge in [-0.15, -0.1) is 0 Å². The molecular weight excluding hydrogens is 246 g/mol. The fourth-order valence-electron chi connectivity index (χ4n) is 1.06. The van der Waals surface area contributed by atoms with Crippen molar-refractivity contribution in [2.75, 3.05) is 7.11 Å². The first-order valence-electron chi connectivity index (χ1n) is 3.87. The van der Waals surface area contributed by atoms with Gasteiger partial charge in [-0.05, 0) is 19.1 Å².